The molecule has 37 heavy (non-hydrogen) atoms. The van der Waals surface area contributed by atoms with E-state index in [0.717, 1.165) is 33.2 Å². The largest absolute Gasteiger partial charge is 0.444 e. The molecule has 8 nitrogen and oxygen atoms in total. The molecule has 8 heteroatoms. The Labute approximate surface area is 218 Å². The summed E-state index contributed by atoms with van der Waals surface area (Å²) in [6.45, 7) is 11.0. The van der Waals surface area contributed by atoms with Crippen molar-refractivity contribution in [3.05, 3.63) is 65.5 Å². The zero-order valence-electron chi connectivity index (χ0n) is 22.8. The van der Waals surface area contributed by atoms with Gasteiger partial charge in [0.05, 0.1) is 36.5 Å². The molecule has 0 spiro atoms. The van der Waals surface area contributed by atoms with Gasteiger partial charge in [-0.05, 0) is 81.5 Å². The van der Waals surface area contributed by atoms with Crippen molar-refractivity contribution >= 4 is 33.6 Å². The summed E-state index contributed by atoms with van der Waals surface area (Å²) >= 11 is 0. The van der Waals surface area contributed by atoms with E-state index in [-0.39, 0.29) is 19.8 Å². The van der Waals surface area contributed by atoms with Crippen molar-refractivity contribution in [2.45, 2.75) is 46.8 Å². The summed E-state index contributed by atoms with van der Waals surface area (Å²) in [6, 6.07) is 12.5. The highest BCUT2D eigenvalue weighted by Gasteiger charge is 2.22. The van der Waals surface area contributed by atoms with Crippen LogP contribution < -0.4 is 4.90 Å². The fourth-order valence-corrected chi connectivity index (χ4v) is 4.30. The molecule has 0 atom stereocenters. The molecule has 4 N–H and O–H groups in total. The van der Waals surface area contributed by atoms with Crippen LogP contribution in [0.1, 0.15) is 37.5 Å². The highest BCUT2D eigenvalue weighted by Crippen LogP contribution is 2.26. The second-order valence-electron chi connectivity index (χ2n) is 10.4. The molecule has 2 aromatic carbocycles. The highest BCUT2D eigenvalue weighted by molar-refractivity contribution is 5.92. The SMILES string of the molecule is Cc1cc(CN(CCO)C(=O)OC(C)(C)C)c2[nH]ccc2c1.Cc1cc(N(C)CCO)c2[nH]ccc2c1. The molecule has 0 unspecified atom stereocenters. The molecule has 0 aliphatic heterocycles. The number of aromatic nitrogens is 2. The molecule has 1 amide bonds. The number of hydrogen-bond donors (Lipinski definition) is 4. The molecule has 0 radical (unpaired) electrons. The molecule has 0 aliphatic carbocycles. The van der Waals surface area contributed by atoms with Crippen LogP contribution in [0.15, 0.2) is 48.8 Å². The van der Waals surface area contributed by atoms with Crippen LogP contribution in [0.5, 0.6) is 0 Å². The van der Waals surface area contributed by atoms with Crippen LogP contribution >= 0.6 is 0 Å². The van der Waals surface area contributed by atoms with Gasteiger partial charge in [0, 0.05) is 37.9 Å². The van der Waals surface area contributed by atoms with Gasteiger partial charge >= 0.3 is 6.09 Å². The first-order chi connectivity index (χ1) is 17.5. The van der Waals surface area contributed by atoms with Crippen molar-refractivity contribution in [3.63, 3.8) is 0 Å². The zero-order valence-corrected chi connectivity index (χ0v) is 22.8. The van der Waals surface area contributed by atoms with Gasteiger partial charge < -0.3 is 34.7 Å². The van der Waals surface area contributed by atoms with Crippen LogP contribution in [0, 0.1) is 13.8 Å². The number of aliphatic hydroxyl groups excluding tert-OH is 2. The fourth-order valence-electron chi connectivity index (χ4n) is 4.30. The number of aryl methyl sites for hydroxylation is 2. The normalized spacial score (nSPS) is 11.4. The number of carbonyl (C=O) groups is 1. The number of aliphatic hydroxyl groups is 2. The number of nitrogens with one attached hydrogen (secondary N) is 2. The van der Waals surface area contributed by atoms with Gasteiger partial charge in [0.2, 0.25) is 0 Å². The highest BCUT2D eigenvalue weighted by atomic mass is 16.6. The first-order valence-electron chi connectivity index (χ1n) is 12.6. The molecular formula is C29H40N4O4. The van der Waals surface area contributed by atoms with Crippen molar-refractivity contribution in [2.24, 2.45) is 0 Å². The Morgan fingerprint density at radius 3 is 2.05 bits per heavy atom. The molecule has 2 heterocycles. The maximum atomic E-state index is 12.3. The number of ether oxygens (including phenoxy) is 1. The van der Waals surface area contributed by atoms with E-state index in [9.17, 15) is 9.90 Å². The lowest BCUT2D eigenvalue weighted by Crippen LogP contribution is -2.38. The second-order valence-corrected chi connectivity index (χ2v) is 10.4. The summed E-state index contributed by atoms with van der Waals surface area (Å²) in [4.78, 5) is 22.3. The van der Waals surface area contributed by atoms with E-state index >= 15 is 0 Å². The Hall–Kier alpha value is -3.49. The monoisotopic (exact) mass is 508 g/mol. The van der Waals surface area contributed by atoms with Crippen molar-refractivity contribution in [2.75, 3.05) is 38.3 Å². The van der Waals surface area contributed by atoms with Gasteiger partial charge in [0.25, 0.3) is 0 Å². The lowest BCUT2D eigenvalue weighted by Gasteiger charge is -2.27. The third-order valence-corrected chi connectivity index (χ3v) is 5.90. The first kappa shape index (κ1) is 28.1. The Balaban J connectivity index is 0.000000220. The van der Waals surface area contributed by atoms with Crippen LogP contribution in [0.4, 0.5) is 10.5 Å². The predicted octanol–water partition coefficient (Wildman–Crippen LogP) is 5.11. The quantitative estimate of drug-likeness (QED) is 0.278. The van der Waals surface area contributed by atoms with Crippen LogP contribution in [0.2, 0.25) is 0 Å². The van der Waals surface area contributed by atoms with E-state index in [1.165, 1.54) is 15.8 Å². The standard InChI is InChI=1S/C17H24N2O3.C12H16N2O/c1-12-9-13-5-6-18-15(13)14(10-12)11-19(7-8-20)16(21)22-17(2,3)4;1-9-7-10-3-4-13-12(10)11(8-9)14(2)5-6-15/h5-6,9-10,18,20H,7-8,11H2,1-4H3;3-4,7-8,13,15H,5-6H2,1-2H3. The molecule has 4 aromatic rings. The average molecular weight is 509 g/mol. The van der Waals surface area contributed by atoms with Crippen molar-refractivity contribution < 1.29 is 19.7 Å². The number of nitrogens with zero attached hydrogens (tertiary/aromatic N) is 2. The number of hydrogen-bond acceptors (Lipinski definition) is 5. The van der Waals surface area contributed by atoms with Gasteiger partial charge in [0.15, 0.2) is 0 Å². The summed E-state index contributed by atoms with van der Waals surface area (Å²) in [7, 11) is 1.99. The van der Waals surface area contributed by atoms with Crippen LogP contribution in [-0.4, -0.2) is 70.1 Å². The Morgan fingerprint density at radius 2 is 1.46 bits per heavy atom. The third-order valence-electron chi connectivity index (χ3n) is 5.90. The first-order valence-corrected chi connectivity index (χ1v) is 12.6. The van der Waals surface area contributed by atoms with Gasteiger partial charge in [-0.2, -0.15) is 0 Å². The number of amides is 1. The van der Waals surface area contributed by atoms with Crippen molar-refractivity contribution in [3.8, 4) is 0 Å². The smallest absolute Gasteiger partial charge is 0.410 e. The maximum absolute atomic E-state index is 12.3. The van der Waals surface area contributed by atoms with Crippen LogP contribution in [0.25, 0.3) is 21.8 Å². The molecular weight excluding hydrogens is 468 g/mol. The Morgan fingerprint density at radius 1 is 0.892 bits per heavy atom. The number of anilines is 1. The summed E-state index contributed by atoms with van der Waals surface area (Å²) in [5.74, 6) is 0. The topological polar surface area (TPSA) is 105 Å². The van der Waals surface area contributed by atoms with E-state index in [1.807, 2.05) is 59.3 Å². The molecule has 0 bridgehead atoms. The van der Waals surface area contributed by atoms with E-state index in [1.54, 1.807) is 0 Å². The molecule has 0 aliphatic rings. The Kier molecular flexibility index (Phi) is 9.23. The van der Waals surface area contributed by atoms with E-state index < -0.39 is 11.7 Å². The fraction of sp³-hybridized carbons (Fsp3) is 0.414. The lowest BCUT2D eigenvalue weighted by molar-refractivity contribution is 0.0202. The van der Waals surface area contributed by atoms with Gasteiger partial charge in [-0.3, -0.25) is 0 Å². The minimum absolute atomic E-state index is 0.0983. The zero-order chi connectivity index (χ0) is 27.2. The van der Waals surface area contributed by atoms with Gasteiger partial charge in [-0.25, -0.2) is 4.79 Å². The number of likely N-dealkylation sites (N-methyl/N-ethyl adjacent to an activating group) is 1. The number of H-pyrrole nitrogens is 2. The summed E-state index contributed by atoms with van der Waals surface area (Å²) < 4.78 is 5.41. The van der Waals surface area contributed by atoms with E-state index in [4.69, 9.17) is 9.84 Å². The van der Waals surface area contributed by atoms with Gasteiger partial charge in [-0.15, -0.1) is 0 Å². The van der Waals surface area contributed by atoms with Crippen LogP contribution in [-0.2, 0) is 11.3 Å². The third kappa shape index (κ3) is 7.50. The molecule has 0 fully saturated rings. The molecule has 4 rings (SSSR count). The average Bonchev–Trinajstić information content (AvgIpc) is 3.47. The van der Waals surface area contributed by atoms with Gasteiger partial charge in [-0.1, -0.05) is 11.6 Å². The number of benzene rings is 2. The number of fused-ring (bicyclic) bond motifs is 2. The molecule has 2 aromatic heterocycles. The van der Waals surface area contributed by atoms with E-state index in [2.05, 4.69) is 46.1 Å². The minimum atomic E-state index is -0.556. The predicted molar refractivity (Wildman–Crippen MR) is 150 cm³/mol. The number of rotatable bonds is 7. The van der Waals surface area contributed by atoms with E-state index in [0.29, 0.717) is 13.1 Å². The summed E-state index contributed by atoms with van der Waals surface area (Å²) in [5, 5.41) is 20.5. The summed E-state index contributed by atoms with van der Waals surface area (Å²) in [6.07, 6.45) is 3.42. The second kappa shape index (κ2) is 12.2. The maximum Gasteiger partial charge on any atom is 0.410 e. The molecule has 0 saturated carbocycles. The molecule has 200 valence electrons. The van der Waals surface area contributed by atoms with Crippen molar-refractivity contribution in [1.29, 1.82) is 0 Å². The van der Waals surface area contributed by atoms with Crippen LogP contribution in [0.3, 0.4) is 0 Å². The molecule has 0 saturated heterocycles. The van der Waals surface area contributed by atoms with Gasteiger partial charge in [0.1, 0.15) is 5.60 Å². The number of aromatic amines is 2. The number of carbonyl (C=O) groups excluding carboxylic acids is 1. The Bertz CT molecular complexity index is 1320. The van der Waals surface area contributed by atoms with Crippen molar-refractivity contribution in [1.82, 2.24) is 14.9 Å². The lowest BCUT2D eigenvalue weighted by atomic mass is 10.1. The minimum Gasteiger partial charge on any atom is -0.444 e. The summed E-state index contributed by atoms with van der Waals surface area (Å²) in [5.41, 5.74) is 6.12.